The number of nitrogens with zero attached hydrogens (tertiary/aromatic N) is 1. The average Bonchev–Trinajstić information content (AvgIpc) is 3.87. The number of alkyl carbamates (subject to hydrolysis) is 1. The molecule has 3 N–H and O–H groups in total. The highest BCUT2D eigenvalue weighted by molar-refractivity contribution is 7.85. The number of carbonyl (C=O) groups is 4. The molecule has 2 saturated carbocycles. The molecule has 4 amide bonds. The molecule has 0 unspecified atom stereocenters. The predicted molar refractivity (Wildman–Crippen MR) is 174 cm³/mol. The van der Waals surface area contributed by atoms with E-state index in [0.717, 1.165) is 10.8 Å². The summed E-state index contributed by atoms with van der Waals surface area (Å²) in [6.45, 7) is 8.11. The molecule has 3 aliphatic rings. The fourth-order valence-corrected chi connectivity index (χ4v) is 7.12. The van der Waals surface area contributed by atoms with Crippen LogP contribution in [-0.4, -0.2) is 86.2 Å². The Morgan fingerprint density at radius 2 is 1.81 bits per heavy atom. The van der Waals surface area contributed by atoms with Gasteiger partial charge in [0.25, 0.3) is 5.91 Å². The summed E-state index contributed by atoms with van der Waals surface area (Å²) < 4.78 is 49.3. The lowest BCUT2D eigenvalue weighted by molar-refractivity contribution is -0.139. The minimum atomic E-state index is -4.42. The molecule has 14 nitrogen and oxygen atoms in total. The smallest absolute Gasteiger partial charge is 0.408 e. The van der Waals surface area contributed by atoms with E-state index in [0.29, 0.717) is 30.8 Å². The van der Waals surface area contributed by atoms with Gasteiger partial charge in [-0.2, -0.15) is 8.42 Å². The lowest BCUT2D eigenvalue weighted by Gasteiger charge is -2.27. The van der Waals surface area contributed by atoms with Gasteiger partial charge in [-0.05, 0) is 82.5 Å². The molecule has 5 rings (SSSR count). The second-order valence-electron chi connectivity index (χ2n) is 13.9. The average molecular weight is 689 g/mol. The molecule has 2 aliphatic carbocycles. The van der Waals surface area contributed by atoms with Gasteiger partial charge in [0.05, 0.1) is 19.3 Å². The maximum Gasteiger partial charge on any atom is 0.408 e. The number of hydrogen-bond donors (Lipinski definition) is 3. The lowest BCUT2D eigenvalue weighted by atomic mass is 10.1. The Morgan fingerprint density at radius 3 is 2.44 bits per heavy atom. The van der Waals surface area contributed by atoms with Crippen molar-refractivity contribution < 1.29 is 46.0 Å². The molecular formula is C33H44N4O10S. The van der Waals surface area contributed by atoms with Crippen molar-refractivity contribution in [2.75, 3.05) is 20.2 Å². The maximum atomic E-state index is 13.9. The van der Waals surface area contributed by atoms with Gasteiger partial charge in [-0.15, -0.1) is 0 Å². The van der Waals surface area contributed by atoms with E-state index >= 15 is 0 Å². The first-order chi connectivity index (χ1) is 22.5. The molecule has 1 heterocycles. The largest absolute Gasteiger partial charge is 0.497 e. The Kier molecular flexibility index (Phi) is 9.58. The molecule has 0 aromatic heterocycles. The number of hydrogen-bond acceptors (Lipinski definition) is 10. The van der Waals surface area contributed by atoms with Crippen molar-refractivity contribution in [3.63, 3.8) is 0 Å². The number of nitrogens with one attached hydrogen (secondary N) is 3. The minimum absolute atomic E-state index is 0.0106. The van der Waals surface area contributed by atoms with E-state index in [4.69, 9.17) is 18.4 Å². The molecule has 0 radical (unpaired) electrons. The molecule has 2 aromatic carbocycles. The van der Waals surface area contributed by atoms with E-state index in [2.05, 4.69) is 10.6 Å². The molecule has 2 aromatic rings. The van der Waals surface area contributed by atoms with E-state index < -0.39 is 69.6 Å². The number of fused-ring (bicyclic) bond motifs is 1. The summed E-state index contributed by atoms with van der Waals surface area (Å²) in [5.41, 5.74) is -3.13. The van der Waals surface area contributed by atoms with Gasteiger partial charge in [0.1, 0.15) is 41.3 Å². The van der Waals surface area contributed by atoms with Gasteiger partial charge in [0.2, 0.25) is 11.8 Å². The summed E-state index contributed by atoms with van der Waals surface area (Å²) >= 11 is 0. The van der Waals surface area contributed by atoms with Crippen LogP contribution in [0.2, 0.25) is 0 Å². The van der Waals surface area contributed by atoms with Crippen LogP contribution in [0, 0.1) is 5.92 Å². The van der Waals surface area contributed by atoms with E-state index in [1.807, 2.05) is 35.9 Å². The zero-order valence-electron chi connectivity index (χ0n) is 28.1. The molecule has 15 heteroatoms. The van der Waals surface area contributed by atoms with E-state index in [1.165, 1.54) is 4.90 Å². The van der Waals surface area contributed by atoms with Gasteiger partial charge < -0.3 is 29.7 Å². The predicted octanol–water partition coefficient (Wildman–Crippen LogP) is 2.94. The number of methoxy groups -OCH3 is 1. The number of benzene rings is 2. The van der Waals surface area contributed by atoms with Gasteiger partial charge in [-0.25, -0.2) is 13.7 Å². The Hall–Kier alpha value is -4.11. The second-order valence-corrected chi connectivity index (χ2v) is 15.2. The van der Waals surface area contributed by atoms with Crippen molar-refractivity contribution in [1.82, 2.24) is 20.3 Å². The Balaban J connectivity index is 1.34. The van der Waals surface area contributed by atoms with Gasteiger partial charge >= 0.3 is 16.4 Å². The minimum Gasteiger partial charge on any atom is -0.497 e. The second kappa shape index (κ2) is 13.1. The molecule has 0 spiro atoms. The SMILES string of the molecule is CC[C@@H]1C[C@]1(NC(=O)[C@@H]1C[C@@H](Oc2cccc3cc(OC)ccc23)CN1C(=O)CNC(=O)OC(C)(C)C)C(=O)NS(=O)(=O)OC1(C)CC1. The molecule has 3 fully saturated rings. The summed E-state index contributed by atoms with van der Waals surface area (Å²) in [7, 11) is -2.84. The zero-order valence-corrected chi connectivity index (χ0v) is 28.9. The van der Waals surface area contributed by atoms with Gasteiger partial charge in [-0.3, -0.25) is 14.4 Å². The molecule has 48 heavy (non-hydrogen) atoms. The number of ether oxygens (including phenoxy) is 3. The fraction of sp³-hybridized carbons (Fsp3) is 0.576. The lowest BCUT2D eigenvalue weighted by Crippen LogP contribution is -2.57. The van der Waals surface area contributed by atoms with Crippen LogP contribution in [0.1, 0.15) is 66.7 Å². The first-order valence-corrected chi connectivity index (χ1v) is 17.5. The van der Waals surface area contributed by atoms with Crippen LogP contribution in [0.25, 0.3) is 10.8 Å². The van der Waals surface area contributed by atoms with Crippen LogP contribution >= 0.6 is 0 Å². The molecule has 4 atom stereocenters. The van der Waals surface area contributed by atoms with E-state index in [9.17, 15) is 27.6 Å². The number of likely N-dealkylation sites (tertiary alicyclic amines) is 1. The summed E-state index contributed by atoms with van der Waals surface area (Å²) in [5, 5.41) is 6.89. The Labute approximate surface area is 280 Å². The van der Waals surface area contributed by atoms with Gasteiger partial charge in [-0.1, -0.05) is 25.5 Å². The monoisotopic (exact) mass is 688 g/mol. The van der Waals surface area contributed by atoms with Crippen LogP contribution in [0.3, 0.4) is 0 Å². The van der Waals surface area contributed by atoms with Crippen molar-refractivity contribution in [2.24, 2.45) is 5.92 Å². The van der Waals surface area contributed by atoms with Crippen LogP contribution < -0.4 is 24.8 Å². The molecule has 1 aliphatic heterocycles. The van der Waals surface area contributed by atoms with Crippen molar-refractivity contribution in [1.29, 1.82) is 0 Å². The molecular weight excluding hydrogens is 644 g/mol. The van der Waals surface area contributed by atoms with Crippen LogP contribution in [0.4, 0.5) is 4.79 Å². The van der Waals surface area contributed by atoms with Crippen LogP contribution in [0.5, 0.6) is 11.5 Å². The van der Waals surface area contributed by atoms with Gasteiger partial charge in [0.15, 0.2) is 0 Å². The van der Waals surface area contributed by atoms with Crippen molar-refractivity contribution >= 4 is 44.9 Å². The molecule has 0 bridgehead atoms. The van der Waals surface area contributed by atoms with Crippen LogP contribution in [0.15, 0.2) is 36.4 Å². The summed E-state index contributed by atoms with van der Waals surface area (Å²) in [6.07, 6.45) is 0.463. The normalized spacial score (nSPS) is 24.4. The topological polar surface area (TPSA) is 179 Å². The Bertz CT molecular complexity index is 1700. The van der Waals surface area contributed by atoms with E-state index in [-0.39, 0.29) is 25.3 Å². The summed E-state index contributed by atoms with van der Waals surface area (Å²) in [5.74, 6) is -1.21. The standard InChI is InChI=1S/C33H44N4O10S/c1-7-21-17-33(21,29(40)36-48(42,43)47-32(5)13-14-32)35-28(39)25-16-23(19-37(25)27(38)18-34-30(41)46-31(2,3)4)45-26-10-8-9-20-15-22(44-6)11-12-24(20)26/h8-12,15,21,23,25H,7,13-14,16-19H2,1-6H3,(H,34,41)(H,35,39)(H,36,40)/t21-,23-,25+,33-/m1/s1. The maximum absolute atomic E-state index is 13.9. The third kappa shape index (κ3) is 8.12. The van der Waals surface area contributed by atoms with Gasteiger partial charge in [0, 0.05) is 11.8 Å². The summed E-state index contributed by atoms with van der Waals surface area (Å²) in [4.78, 5) is 54.4. The highest BCUT2D eigenvalue weighted by Gasteiger charge is 2.62. The highest BCUT2D eigenvalue weighted by Crippen LogP contribution is 2.47. The number of carbonyl (C=O) groups excluding carboxylic acids is 4. The third-order valence-corrected chi connectivity index (χ3v) is 9.90. The summed E-state index contributed by atoms with van der Waals surface area (Å²) in [6, 6.07) is 9.97. The highest BCUT2D eigenvalue weighted by atomic mass is 32.2. The van der Waals surface area contributed by atoms with Crippen molar-refractivity contribution in [2.45, 2.75) is 95.6 Å². The fourth-order valence-electron chi connectivity index (χ4n) is 5.98. The van der Waals surface area contributed by atoms with E-state index in [1.54, 1.807) is 46.9 Å². The third-order valence-electron chi connectivity index (χ3n) is 8.84. The first kappa shape index (κ1) is 35.2. The van der Waals surface area contributed by atoms with Crippen molar-refractivity contribution in [3.05, 3.63) is 36.4 Å². The number of rotatable bonds is 12. The van der Waals surface area contributed by atoms with Crippen LogP contribution in [-0.2, 0) is 33.6 Å². The number of amides is 4. The van der Waals surface area contributed by atoms with Crippen molar-refractivity contribution in [3.8, 4) is 11.5 Å². The quantitative estimate of drug-likeness (QED) is 0.300. The molecule has 1 saturated heterocycles. The molecule has 262 valence electrons. The Morgan fingerprint density at radius 1 is 1.08 bits per heavy atom. The first-order valence-electron chi connectivity index (χ1n) is 16.1. The zero-order chi connectivity index (χ0) is 35.1.